The molecule has 0 spiro atoms. The summed E-state index contributed by atoms with van der Waals surface area (Å²) in [6.07, 6.45) is 1.74. The number of carbonyl (C=O) groups excluding carboxylic acids is 10. The number of imide groups is 2. The maximum Gasteiger partial charge on any atom is 0.329 e. The molecule has 384 valence electrons. The molecule has 3 N–H and O–H groups in total. The highest BCUT2D eigenvalue weighted by molar-refractivity contribution is 6.38. The van der Waals surface area contributed by atoms with Gasteiger partial charge in [-0.15, -0.1) is 0 Å². The molecule has 7 amide bonds. The molecule has 0 saturated carbocycles. The van der Waals surface area contributed by atoms with E-state index in [9.17, 15) is 47.9 Å². The summed E-state index contributed by atoms with van der Waals surface area (Å²) < 4.78 is 28.2. The number of fused-ring (bicyclic) bond motifs is 1. The number of benzene rings is 3. The molecule has 20 nitrogen and oxygen atoms in total. The summed E-state index contributed by atoms with van der Waals surface area (Å²) in [5.74, 6) is -4.95. The van der Waals surface area contributed by atoms with Crippen molar-refractivity contribution in [3.8, 4) is 23.0 Å². The normalized spacial score (nSPS) is 16.8. The zero-order valence-corrected chi connectivity index (χ0v) is 41.1. The molecule has 6 rings (SSSR count). The Bertz CT molecular complexity index is 2590. The van der Waals surface area contributed by atoms with Crippen LogP contribution in [0.1, 0.15) is 123 Å². The number of Topliss-reactive ketones (excluding diaryl/α,β-unsaturated/α-hetero) is 1. The molecule has 0 aliphatic carbocycles. The lowest BCUT2D eigenvalue weighted by Crippen LogP contribution is -2.54. The molecule has 3 atom stereocenters. The first-order valence-electron chi connectivity index (χ1n) is 24.0. The SMILES string of the molecule is CCC(C)(C)C(=O)C(=O)N1CCC[C@H]1C(=O)O[C@H](CCc1ccc(OC)c(OC)c1)c1cccc(OC(=O)CCC(=O)NCCCCNC(=O)COc2cccc3c2C(=O)N(C2CCC(=O)NC2=O)C3=O)c1. The molecular formula is C52H61N5O15. The maximum atomic E-state index is 13.9. The number of rotatable bonds is 24. The molecule has 0 bridgehead atoms. The highest BCUT2D eigenvalue weighted by Crippen LogP contribution is 2.35. The van der Waals surface area contributed by atoms with E-state index in [-0.39, 0.29) is 73.9 Å². The Balaban J connectivity index is 0.948. The second-order valence-electron chi connectivity index (χ2n) is 18.2. The summed E-state index contributed by atoms with van der Waals surface area (Å²) in [6, 6.07) is 14.2. The number of likely N-dealkylation sites (tertiary alicyclic amines) is 1. The summed E-state index contributed by atoms with van der Waals surface area (Å²) in [5, 5.41) is 7.57. The lowest BCUT2D eigenvalue weighted by atomic mass is 9.84. The Morgan fingerprint density at radius 1 is 0.819 bits per heavy atom. The number of aryl methyl sites for hydroxylation is 1. The largest absolute Gasteiger partial charge is 0.493 e. The number of unbranched alkanes of at least 4 members (excludes halogenated alkanes) is 1. The van der Waals surface area contributed by atoms with Crippen LogP contribution in [0, 0.1) is 5.41 Å². The highest BCUT2D eigenvalue weighted by atomic mass is 16.5. The van der Waals surface area contributed by atoms with Gasteiger partial charge in [-0.05, 0) is 98.9 Å². The second kappa shape index (κ2) is 24.5. The van der Waals surface area contributed by atoms with Gasteiger partial charge in [0.25, 0.3) is 23.6 Å². The van der Waals surface area contributed by atoms with E-state index in [1.807, 2.05) is 19.1 Å². The van der Waals surface area contributed by atoms with Crippen LogP contribution in [-0.2, 0) is 49.5 Å². The van der Waals surface area contributed by atoms with Gasteiger partial charge in [0, 0.05) is 37.9 Å². The molecular weight excluding hydrogens is 935 g/mol. The number of esters is 2. The van der Waals surface area contributed by atoms with Crippen LogP contribution in [-0.4, -0.2) is 121 Å². The van der Waals surface area contributed by atoms with E-state index < -0.39 is 83.4 Å². The number of nitrogens with one attached hydrogen (secondary N) is 3. The first-order valence-corrected chi connectivity index (χ1v) is 24.0. The minimum Gasteiger partial charge on any atom is -0.493 e. The smallest absolute Gasteiger partial charge is 0.329 e. The first kappa shape index (κ1) is 53.7. The molecule has 0 aromatic heterocycles. The van der Waals surface area contributed by atoms with Crippen molar-refractivity contribution >= 4 is 59.1 Å². The van der Waals surface area contributed by atoms with Crippen LogP contribution in [0.25, 0.3) is 0 Å². The summed E-state index contributed by atoms with van der Waals surface area (Å²) in [4.78, 5) is 131. The third kappa shape index (κ3) is 13.2. The molecule has 1 unspecified atom stereocenters. The van der Waals surface area contributed by atoms with Crippen LogP contribution in [0.3, 0.4) is 0 Å². The van der Waals surface area contributed by atoms with Crippen molar-refractivity contribution in [1.82, 2.24) is 25.8 Å². The van der Waals surface area contributed by atoms with Crippen molar-refractivity contribution in [2.75, 3.05) is 40.5 Å². The zero-order chi connectivity index (χ0) is 52.1. The van der Waals surface area contributed by atoms with Crippen LogP contribution in [0.15, 0.2) is 60.7 Å². The van der Waals surface area contributed by atoms with Crippen molar-refractivity contribution in [2.45, 2.75) is 110 Å². The summed E-state index contributed by atoms with van der Waals surface area (Å²) in [7, 11) is 3.06. The van der Waals surface area contributed by atoms with Gasteiger partial charge in [-0.1, -0.05) is 45.0 Å². The number of amides is 7. The van der Waals surface area contributed by atoms with Gasteiger partial charge in [-0.25, -0.2) is 4.79 Å². The van der Waals surface area contributed by atoms with Gasteiger partial charge in [-0.3, -0.25) is 53.4 Å². The molecule has 3 aliphatic rings. The molecule has 3 heterocycles. The van der Waals surface area contributed by atoms with E-state index in [0.717, 1.165) is 10.5 Å². The number of piperidine rings is 1. The fourth-order valence-electron chi connectivity index (χ4n) is 8.45. The Morgan fingerprint density at radius 3 is 2.25 bits per heavy atom. The number of carbonyl (C=O) groups is 10. The number of hydrogen-bond acceptors (Lipinski definition) is 15. The van der Waals surface area contributed by atoms with Gasteiger partial charge < -0.3 is 39.2 Å². The first-order chi connectivity index (χ1) is 34.5. The van der Waals surface area contributed by atoms with E-state index in [0.29, 0.717) is 62.0 Å². The number of nitrogens with zero attached hydrogens (tertiary/aromatic N) is 2. The lowest BCUT2D eigenvalue weighted by molar-refractivity contribution is -0.161. The standard InChI is InChI=1S/C52H61N5O15/c1-6-52(2,3)46(62)50(66)56-27-11-15-36(56)51(67)72-37(20-17-31-18-21-38(68-4)40(28-31)69-5)32-12-9-13-33(29-32)71-44(61)24-23-41(58)53-25-7-8-26-54-43(60)30-70-39-16-10-14-34-45(39)49(65)57(48(34)64)35-19-22-42(59)55-47(35)63/h9-10,12-14,16,18,21,28-29,35-37H,6-8,11,15,17,19-20,22-27,30H2,1-5H3,(H,53,58)(H,54,60)(H,55,59,63)/t35?,36-,37+/m0/s1. The Hall–Kier alpha value is -7.64. The average molecular weight is 996 g/mol. The van der Waals surface area contributed by atoms with Crippen LogP contribution in [0.4, 0.5) is 0 Å². The average Bonchev–Trinajstić information content (AvgIpc) is 3.97. The fraction of sp³-hybridized carbons (Fsp3) is 0.462. The third-order valence-corrected chi connectivity index (χ3v) is 12.9. The fourth-order valence-corrected chi connectivity index (χ4v) is 8.45. The molecule has 20 heteroatoms. The predicted octanol–water partition coefficient (Wildman–Crippen LogP) is 4.10. The Labute approximate surface area is 416 Å². The quantitative estimate of drug-likeness (QED) is 0.0375. The highest BCUT2D eigenvalue weighted by Gasteiger charge is 2.46. The Kier molecular flexibility index (Phi) is 18.2. The maximum absolute atomic E-state index is 13.9. The van der Waals surface area contributed by atoms with Crippen LogP contribution in [0.5, 0.6) is 23.0 Å². The van der Waals surface area contributed by atoms with Crippen molar-refractivity contribution in [3.63, 3.8) is 0 Å². The molecule has 2 fully saturated rings. The van der Waals surface area contributed by atoms with Crippen molar-refractivity contribution in [3.05, 3.63) is 82.9 Å². The Morgan fingerprint density at radius 2 is 1.54 bits per heavy atom. The second-order valence-corrected chi connectivity index (χ2v) is 18.2. The van der Waals surface area contributed by atoms with E-state index in [1.54, 1.807) is 44.2 Å². The van der Waals surface area contributed by atoms with E-state index in [2.05, 4.69) is 16.0 Å². The van der Waals surface area contributed by atoms with Gasteiger partial charge in [-0.2, -0.15) is 0 Å². The van der Waals surface area contributed by atoms with Crippen molar-refractivity contribution in [2.24, 2.45) is 5.41 Å². The zero-order valence-electron chi connectivity index (χ0n) is 41.1. The molecule has 3 aromatic carbocycles. The lowest BCUT2D eigenvalue weighted by Gasteiger charge is -2.28. The van der Waals surface area contributed by atoms with Gasteiger partial charge in [0.05, 0.1) is 31.8 Å². The molecule has 3 aromatic rings. The number of ether oxygens (including phenoxy) is 5. The predicted molar refractivity (Wildman–Crippen MR) is 256 cm³/mol. The summed E-state index contributed by atoms with van der Waals surface area (Å²) in [6.45, 7) is 5.51. The third-order valence-electron chi connectivity index (χ3n) is 12.9. The monoisotopic (exact) mass is 995 g/mol. The molecule has 0 radical (unpaired) electrons. The number of methoxy groups -OCH3 is 2. The molecule has 2 saturated heterocycles. The summed E-state index contributed by atoms with van der Waals surface area (Å²) >= 11 is 0. The van der Waals surface area contributed by atoms with Gasteiger partial charge >= 0.3 is 11.9 Å². The molecule has 3 aliphatic heterocycles. The van der Waals surface area contributed by atoms with Gasteiger partial charge in [0.2, 0.25) is 23.5 Å². The number of hydrogen-bond donors (Lipinski definition) is 3. The van der Waals surface area contributed by atoms with Crippen LogP contribution >= 0.6 is 0 Å². The van der Waals surface area contributed by atoms with Crippen molar-refractivity contribution < 1.29 is 71.6 Å². The van der Waals surface area contributed by atoms with E-state index in [4.69, 9.17) is 23.7 Å². The minimum atomic E-state index is -1.14. The summed E-state index contributed by atoms with van der Waals surface area (Å²) in [5.41, 5.74) is 0.443. The molecule has 72 heavy (non-hydrogen) atoms. The minimum absolute atomic E-state index is 0.00210. The van der Waals surface area contributed by atoms with Crippen LogP contribution < -0.4 is 34.9 Å². The van der Waals surface area contributed by atoms with Gasteiger partial charge in [0.1, 0.15) is 29.7 Å². The van der Waals surface area contributed by atoms with E-state index in [1.165, 1.54) is 37.3 Å². The topological polar surface area (TPSA) is 259 Å². The van der Waals surface area contributed by atoms with Crippen molar-refractivity contribution in [1.29, 1.82) is 0 Å². The number of ketones is 1. The van der Waals surface area contributed by atoms with Crippen LogP contribution in [0.2, 0.25) is 0 Å². The van der Waals surface area contributed by atoms with Gasteiger partial charge in [0.15, 0.2) is 18.1 Å². The van der Waals surface area contributed by atoms with E-state index >= 15 is 0 Å².